The fraction of sp³-hybridized carbons (Fsp3) is 0.581. The van der Waals surface area contributed by atoms with Gasteiger partial charge in [-0.15, -0.1) is 0 Å². The molecule has 3 rings (SSSR count). The Morgan fingerprint density at radius 2 is 1.46 bits per heavy atom. The third kappa shape index (κ3) is 7.98. The molecule has 1 amide bonds. The lowest BCUT2D eigenvalue weighted by Crippen LogP contribution is -2.49. The SMILES string of the molecule is CC[C@](C)(OCC(=O)N1CCN(Cc2ccccc2)CC1)Sc1cc(C(C)(C)C)c(O)c(C(C)(C)C)c1. The van der Waals surface area contributed by atoms with Crippen LogP contribution < -0.4 is 0 Å². The molecule has 6 heteroatoms. The summed E-state index contributed by atoms with van der Waals surface area (Å²) in [6, 6.07) is 14.6. The molecule has 1 atom stereocenters. The third-order valence-corrected chi connectivity index (χ3v) is 8.46. The van der Waals surface area contributed by atoms with Gasteiger partial charge in [-0.2, -0.15) is 0 Å². The van der Waals surface area contributed by atoms with Crippen LogP contribution in [0.5, 0.6) is 5.75 Å². The quantitative estimate of drug-likeness (QED) is 0.312. The Labute approximate surface area is 228 Å². The van der Waals surface area contributed by atoms with E-state index in [0.717, 1.165) is 55.2 Å². The van der Waals surface area contributed by atoms with Crippen LogP contribution in [-0.4, -0.2) is 58.5 Å². The summed E-state index contributed by atoms with van der Waals surface area (Å²) < 4.78 is 6.30. The topological polar surface area (TPSA) is 53.0 Å². The second-order valence-corrected chi connectivity index (χ2v) is 13.9. The van der Waals surface area contributed by atoms with Crippen LogP contribution in [0.1, 0.15) is 78.5 Å². The van der Waals surface area contributed by atoms with Gasteiger partial charge in [0.15, 0.2) is 0 Å². The van der Waals surface area contributed by atoms with Gasteiger partial charge in [-0.05, 0) is 41.9 Å². The van der Waals surface area contributed by atoms with Gasteiger partial charge in [-0.3, -0.25) is 9.69 Å². The second kappa shape index (κ2) is 11.8. The molecule has 1 aliphatic heterocycles. The summed E-state index contributed by atoms with van der Waals surface area (Å²) in [6.45, 7) is 21.1. The predicted molar refractivity (Wildman–Crippen MR) is 154 cm³/mol. The zero-order valence-electron chi connectivity index (χ0n) is 24.1. The summed E-state index contributed by atoms with van der Waals surface area (Å²) in [5.74, 6) is 0.432. The van der Waals surface area contributed by atoms with Crippen molar-refractivity contribution in [3.05, 3.63) is 59.2 Å². The number of aromatic hydroxyl groups is 1. The van der Waals surface area contributed by atoms with Crippen molar-refractivity contribution in [1.29, 1.82) is 0 Å². The highest BCUT2D eigenvalue weighted by molar-refractivity contribution is 8.00. The van der Waals surface area contributed by atoms with Crippen molar-refractivity contribution in [2.75, 3.05) is 32.8 Å². The Hall–Kier alpha value is -2.02. The van der Waals surface area contributed by atoms with Gasteiger partial charge >= 0.3 is 0 Å². The number of hydrogen-bond donors (Lipinski definition) is 1. The number of nitrogens with zero attached hydrogens (tertiary/aromatic N) is 2. The van der Waals surface area contributed by atoms with Crippen molar-refractivity contribution < 1.29 is 14.6 Å². The molecular formula is C31H46N2O3S. The van der Waals surface area contributed by atoms with Crippen LogP contribution in [0.4, 0.5) is 0 Å². The number of rotatable bonds is 8. The molecule has 204 valence electrons. The molecule has 1 N–H and O–H groups in total. The molecule has 2 aromatic carbocycles. The highest BCUT2D eigenvalue weighted by Crippen LogP contribution is 2.45. The minimum atomic E-state index is -0.550. The number of amides is 1. The normalized spacial score (nSPS) is 17.0. The largest absolute Gasteiger partial charge is 0.507 e. The maximum atomic E-state index is 13.0. The number of carbonyl (C=O) groups excluding carboxylic acids is 1. The average molecular weight is 527 g/mol. The van der Waals surface area contributed by atoms with Crippen LogP contribution in [0.15, 0.2) is 47.4 Å². The van der Waals surface area contributed by atoms with E-state index < -0.39 is 4.93 Å². The first-order chi connectivity index (χ1) is 17.2. The monoisotopic (exact) mass is 526 g/mol. The molecule has 1 saturated heterocycles. The van der Waals surface area contributed by atoms with Gasteiger partial charge in [0.25, 0.3) is 0 Å². The lowest BCUT2D eigenvalue weighted by molar-refractivity contribution is -0.140. The molecule has 0 aromatic heterocycles. The standard InChI is InChI=1S/C31H46N2O3S/c1-9-31(8,37-24-19-25(29(2,3)4)28(35)26(20-24)30(5,6)7)36-22-27(34)33-17-15-32(16-18-33)21-23-13-11-10-12-14-23/h10-14,19-20,35H,9,15-18,21-22H2,1-8H3/t31-/m1/s1. The number of phenols is 1. The number of carbonyl (C=O) groups is 1. The maximum absolute atomic E-state index is 13.0. The summed E-state index contributed by atoms with van der Waals surface area (Å²) in [5, 5.41) is 11.1. The molecule has 0 saturated carbocycles. The van der Waals surface area contributed by atoms with Crippen LogP contribution >= 0.6 is 11.8 Å². The number of thioether (sulfide) groups is 1. The Balaban J connectivity index is 1.63. The highest BCUT2D eigenvalue weighted by Gasteiger charge is 2.31. The fourth-order valence-corrected chi connectivity index (χ4v) is 5.68. The lowest BCUT2D eigenvalue weighted by Gasteiger charge is -2.36. The van der Waals surface area contributed by atoms with E-state index in [-0.39, 0.29) is 23.3 Å². The van der Waals surface area contributed by atoms with E-state index in [1.165, 1.54) is 5.56 Å². The second-order valence-electron chi connectivity index (χ2n) is 12.4. The van der Waals surface area contributed by atoms with Crippen molar-refractivity contribution in [1.82, 2.24) is 9.80 Å². The van der Waals surface area contributed by atoms with Crippen LogP contribution in [0.25, 0.3) is 0 Å². The maximum Gasteiger partial charge on any atom is 0.248 e. The van der Waals surface area contributed by atoms with E-state index in [2.05, 4.69) is 96.7 Å². The number of piperazine rings is 1. The fourth-order valence-electron chi connectivity index (χ4n) is 4.57. The molecule has 0 spiro atoms. The molecule has 1 aliphatic rings. The summed E-state index contributed by atoms with van der Waals surface area (Å²) in [4.78, 5) is 17.9. The minimum absolute atomic E-state index is 0.0519. The molecule has 0 aliphatic carbocycles. The van der Waals surface area contributed by atoms with Gasteiger partial charge in [0, 0.05) is 48.7 Å². The van der Waals surface area contributed by atoms with Gasteiger partial charge in [-0.25, -0.2) is 0 Å². The minimum Gasteiger partial charge on any atom is -0.507 e. The highest BCUT2D eigenvalue weighted by atomic mass is 32.2. The van der Waals surface area contributed by atoms with E-state index in [4.69, 9.17) is 4.74 Å². The van der Waals surface area contributed by atoms with Gasteiger partial charge in [0.2, 0.25) is 5.91 Å². The number of benzene rings is 2. The van der Waals surface area contributed by atoms with Crippen molar-refractivity contribution in [3.63, 3.8) is 0 Å². The van der Waals surface area contributed by atoms with Gasteiger partial charge in [0.05, 0.1) is 0 Å². The molecule has 37 heavy (non-hydrogen) atoms. The van der Waals surface area contributed by atoms with E-state index >= 15 is 0 Å². The Morgan fingerprint density at radius 1 is 0.919 bits per heavy atom. The first-order valence-corrected chi connectivity index (χ1v) is 14.3. The van der Waals surface area contributed by atoms with E-state index in [0.29, 0.717) is 5.75 Å². The summed E-state index contributed by atoms with van der Waals surface area (Å²) in [7, 11) is 0. The van der Waals surface area contributed by atoms with Crippen LogP contribution in [0.3, 0.4) is 0 Å². The van der Waals surface area contributed by atoms with Crippen molar-refractivity contribution >= 4 is 17.7 Å². The summed E-state index contributed by atoms with van der Waals surface area (Å²) >= 11 is 1.64. The molecule has 2 aromatic rings. The molecule has 1 heterocycles. The Morgan fingerprint density at radius 3 is 1.95 bits per heavy atom. The number of ether oxygens (including phenoxy) is 1. The van der Waals surface area contributed by atoms with Crippen molar-refractivity contribution in [2.45, 2.75) is 89.0 Å². The Kier molecular flexibility index (Phi) is 9.41. The summed E-state index contributed by atoms with van der Waals surface area (Å²) in [5.41, 5.74) is 2.79. The molecule has 1 fully saturated rings. The van der Waals surface area contributed by atoms with Crippen LogP contribution in [0, 0.1) is 0 Å². The summed E-state index contributed by atoms with van der Waals surface area (Å²) in [6.07, 6.45) is 0.756. The average Bonchev–Trinajstić information content (AvgIpc) is 2.83. The predicted octanol–water partition coefficient (Wildman–Crippen LogP) is 6.57. The smallest absolute Gasteiger partial charge is 0.248 e. The molecule has 0 unspecified atom stereocenters. The number of phenolic OH excluding ortho intramolecular Hbond substituents is 1. The van der Waals surface area contributed by atoms with E-state index in [1.807, 2.05) is 11.0 Å². The molecule has 0 bridgehead atoms. The van der Waals surface area contributed by atoms with Crippen molar-refractivity contribution in [3.8, 4) is 5.75 Å². The lowest BCUT2D eigenvalue weighted by atomic mass is 9.79. The van der Waals surface area contributed by atoms with Crippen LogP contribution in [0.2, 0.25) is 0 Å². The molecule has 5 nitrogen and oxygen atoms in total. The first kappa shape index (κ1) is 29.5. The van der Waals surface area contributed by atoms with E-state index in [1.54, 1.807) is 11.8 Å². The van der Waals surface area contributed by atoms with Crippen LogP contribution in [-0.2, 0) is 26.9 Å². The molecule has 0 radical (unpaired) electrons. The molecular weight excluding hydrogens is 480 g/mol. The van der Waals surface area contributed by atoms with Gasteiger partial charge in [0.1, 0.15) is 17.3 Å². The zero-order chi connectivity index (χ0) is 27.4. The van der Waals surface area contributed by atoms with E-state index in [9.17, 15) is 9.90 Å². The van der Waals surface area contributed by atoms with Crippen molar-refractivity contribution in [2.24, 2.45) is 0 Å². The Bertz CT molecular complexity index is 1020. The number of hydrogen-bond acceptors (Lipinski definition) is 5. The first-order valence-electron chi connectivity index (χ1n) is 13.5. The van der Waals surface area contributed by atoms with Gasteiger partial charge < -0.3 is 14.7 Å². The zero-order valence-corrected chi connectivity index (χ0v) is 24.9. The van der Waals surface area contributed by atoms with Gasteiger partial charge in [-0.1, -0.05) is 90.6 Å². The third-order valence-electron chi connectivity index (χ3n) is 7.15.